The Morgan fingerprint density at radius 1 is 1.04 bits per heavy atom. The summed E-state index contributed by atoms with van der Waals surface area (Å²) in [5.41, 5.74) is 2.25. The van der Waals surface area contributed by atoms with Crippen molar-refractivity contribution in [2.75, 3.05) is 25.0 Å². The van der Waals surface area contributed by atoms with Crippen LogP contribution in [0.3, 0.4) is 0 Å². The average Bonchev–Trinajstić information content (AvgIpc) is 2.73. The van der Waals surface area contributed by atoms with Crippen LogP contribution in [0.1, 0.15) is 56.0 Å². The van der Waals surface area contributed by atoms with E-state index in [2.05, 4.69) is 19.2 Å². The predicted molar refractivity (Wildman–Crippen MR) is 113 cm³/mol. The maximum Gasteiger partial charge on any atom is 0.262 e. The molecule has 0 aliphatic heterocycles. The number of nitrogens with one attached hydrogen (secondary N) is 1. The van der Waals surface area contributed by atoms with Crippen LogP contribution in [-0.4, -0.2) is 36.4 Å². The lowest BCUT2D eigenvalue weighted by Gasteiger charge is -2.19. The monoisotopic (exact) mass is 382 g/mol. The summed E-state index contributed by atoms with van der Waals surface area (Å²) in [6.45, 7) is 9.37. The van der Waals surface area contributed by atoms with Crippen molar-refractivity contribution in [3.63, 3.8) is 0 Å². The van der Waals surface area contributed by atoms with Gasteiger partial charge in [-0.2, -0.15) is 0 Å². The molecule has 0 bridgehead atoms. The van der Waals surface area contributed by atoms with E-state index >= 15 is 0 Å². The van der Waals surface area contributed by atoms with Gasteiger partial charge in [-0.05, 0) is 56.0 Å². The van der Waals surface area contributed by atoms with Gasteiger partial charge >= 0.3 is 0 Å². The molecule has 2 amide bonds. The van der Waals surface area contributed by atoms with Crippen molar-refractivity contribution in [1.82, 2.24) is 4.90 Å². The number of nitrogens with zero attached hydrogens (tertiary/aromatic N) is 1. The summed E-state index contributed by atoms with van der Waals surface area (Å²) < 4.78 is 5.76. The third kappa shape index (κ3) is 5.59. The number of rotatable bonds is 9. The Morgan fingerprint density at radius 3 is 2.43 bits per heavy atom. The van der Waals surface area contributed by atoms with Crippen LogP contribution >= 0.6 is 0 Å². The maximum absolute atomic E-state index is 12.5. The molecule has 0 heterocycles. The molecule has 0 aromatic heterocycles. The van der Waals surface area contributed by atoms with Crippen molar-refractivity contribution in [2.24, 2.45) is 0 Å². The minimum atomic E-state index is -0.258. The Balaban J connectivity index is 2.01. The first-order chi connectivity index (χ1) is 13.5. The van der Waals surface area contributed by atoms with Gasteiger partial charge in [0.15, 0.2) is 6.61 Å². The average molecular weight is 383 g/mol. The highest BCUT2D eigenvalue weighted by Crippen LogP contribution is 2.28. The van der Waals surface area contributed by atoms with Gasteiger partial charge in [-0.15, -0.1) is 0 Å². The summed E-state index contributed by atoms with van der Waals surface area (Å²) in [7, 11) is 0. The Bertz CT molecular complexity index is 800. The second-order valence-electron chi connectivity index (χ2n) is 6.74. The van der Waals surface area contributed by atoms with Crippen LogP contribution in [0.15, 0.2) is 48.5 Å². The van der Waals surface area contributed by atoms with Crippen LogP contribution in [0.2, 0.25) is 0 Å². The molecule has 5 nitrogen and oxygen atoms in total. The fourth-order valence-corrected chi connectivity index (χ4v) is 3.00. The Kier molecular flexibility index (Phi) is 8.05. The lowest BCUT2D eigenvalue weighted by molar-refractivity contribution is -0.118. The summed E-state index contributed by atoms with van der Waals surface area (Å²) in [4.78, 5) is 26.6. The lowest BCUT2D eigenvalue weighted by Crippen LogP contribution is -2.30. The number of benzene rings is 2. The molecule has 2 aromatic carbocycles. The van der Waals surface area contributed by atoms with Gasteiger partial charge in [0.25, 0.3) is 11.8 Å². The fraction of sp³-hybridized carbons (Fsp3) is 0.391. The zero-order valence-electron chi connectivity index (χ0n) is 17.2. The lowest BCUT2D eigenvalue weighted by atomic mass is 9.98. The first-order valence-corrected chi connectivity index (χ1v) is 9.90. The van der Waals surface area contributed by atoms with Gasteiger partial charge < -0.3 is 15.0 Å². The number of carbonyl (C=O) groups excluding carboxylic acids is 2. The fourth-order valence-electron chi connectivity index (χ4n) is 3.00. The number of ether oxygens (including phenoxy) is 1. The van der Waals surface area contributed by atoms with Crippen LogP contribution in [0.4, 0.5) is 5.69 Å². The van der Waals surface area contributed by atoms with Crippen LogP contribution in [-0.2, 0) is 4.79 Å². The molecule has 2 rings (SSSR count). The Labute approximate surface area is 167 Å². The molecule has 0 radical (unpaired) electrons. The van der Waals surface area contributed by atoms with Gasteiger partial charge in [-0.25, -0.2) is 0 Å². The van der Waals surface area contributed by atoms with E-state index in [9.17, 15) is 9.59 Å². The van der Waals surface area contributed by atoms with Gasteiger partial charge in [-0.3, -0.25) is 9.59 Å². The predicted octanol–water partition coefficient (Wildman–Crippen LogP) is 4.70. The van der Waals surface area contributed by atoms with Crippen molar-refractivity contribution in [2.45, 2.75) is 40.0 Å². The highest BCUT2D eigenvalue weighted by atomic mass is 16.5. The quantitative estimate of drug-likeness (QED) is 0.684. The number of hydrogen-bond acceptors (Lipinski definition) is 3. The van der Waals surface area contributed by atoms with E-state index in [-0.39, 0.29) is 18.4 Å². The molecule has 0 spiro atoms. The second-order valence-corrected chi connectivity index (χ2v) is 6.74. The third-order valence-electron chi connectivity index (χ3n) is 4.87. The van der Waals surface area contributed by atoms with Gasteiger partial charge in [0.1, 0.15) is 5.75 Å². The Hall–Kier alpha value is -2.82. The van der Waals surface area contributed by atoms with E-state index in [1.165, 1.54) is 0 Å². The number of anilines is 1. The topological polar surface area (TPSA) is 58.6 Å². The normalized spacial score (nSPS) is 11.6. The van der Waals surface area contributed by atoms with E-state index < -0.39 is 0 Å². The molecule has 2 aromatic rings. The van der Waals surface area contributed by atoms with Crippen LogP contribution in [0.25, 0.3) is 0 Å². The molecule has 1 N–H and O–H groups in total. The first-order valence-electron chi connectivity index (χ1n) is 9.90. The molecule has 5 heteroatoms. The highest BCUT2D eigenvalue weighted by molar-refractivity contribution is 5.97. The van der Waals surface area contributed by atoms with Crippen LogP contribution < -0.4 is 10.1 Å². The summed E-state index contributed by atoms with van der Waals surface area (Å²) in [5.74, 6) is 0.797. The molecule has 28 heavy (non-hydrogen) atoms. The van der Waals surface area contributed by atoms with Crippen molar-refractivity contribution in [3.8, 4) is 5.75 Å². The van der Waals surface area contributed by atoms with E-state index in [1.807, 2.05) is 38.1 Å². The molecular formula is C23H30N2O3. The molecule has 0 fully saturated rings. The summed E-state index contributed by atoms with van der Waals surface area (Å²) in [6.07, 6.45) is 1.000. The molecule has 0 aliphatic carbocycles. The SMILES string of the molecule is CCC(C)c1ccccc1OCC(=O)Nc1cccc(C(=O)N(CC)CC)c1. The standard InChI is InChI=1S/C23H30N2O3/c1-5-17(4)20-13-8-9-14-21(20)28-16-22(26)24-19-12-10-11-18(15-19)23(27)25(6-2)7-3/h8-15,17H,5-7,16H2,1-4H3,(H,24,26). The van der Waals surface area contributed by atoms with E-state index in [0.717, 1.165) is 17.7 Å². The third-order valence-corrected chi connectivity index (χ3v) is 4.87. The van der Waals surface area contributed by atoms with Crippen LogP contribution in [0.5, 0.6) is 5.75 Å². The van der Waals surface area contributed by atoms with E-state index in [4.69, 9.17) is 4.74 Å². The zero-order chi connectivity index (χ0) is 20.5. The number of para-hydroxylation sites is 1. The number of carbonyl (C=O) groups is 2. The second kappa shape index (κ2) is 10.5. The molecule has 0 aliphatic rings. The number of hydrogen-bond donors (Lipinski definition) is 1. The van der Waals surface area contributed by atoms with Crippen molar-refractivity contribution in [1.29, 1.82) is 0 Å². The molecule has 1 atom stereocenters. The summed E-state index contributed by atoms with van der Waals surface area (Å²) in [6, 6.07) is 14.8. The number of amides is 2. The molecular weight excluding hydrogens is 352 g/mol. The minimum absolute atomic E-state index is 0.0418. The minimum Gasteiger partial charge on any atom is -0.483 e. The van der Waals surface area contributed by atoms with E-state index in [0.29, 0.717) is 30.3 Å². The smallest absolute Gasteiger partial charge is 0.262 e. The van der Waals surface area contributed by atoms with Gasteiger partial charge in [-0.1, -0.05) is 38.1 Å². The van der Waals surface area contributed by atoms with Crippen molar-refractivity contribution >= 4 is 17.5 Å². The molecule has 1 unspecified atom stereocenters. The summed E-state index contributed by atoms with van der Waals surface area (Å²) in [5, 5.41) is 2.81. The Morgan fingerprint density at radius 2 is 1.75 bits per heavy atom. The highest BCUT2D eigenvalue weighted by Gasteiger charge is 2.14. The van der Waals surface area contributed by atoms with Crippen molar-refractivity contribution in [3.05, 3.63) is 59.7 Å². The zero-order valence-corrected chi connectivity index (χ0v) is 17.2. The first kappa shape index (κ1) is 21.5. The van der Waals surface area contributed by atoms with E-state index in [1.54, 1.807) is 29.2 Å². The molecule has 0 saturated heterocycles. The van der Waals surface area contributed by atoms with Crippen molar-refractivity contribution < 1.29 is 14.3 Å². The van der Waals surface area contributed by atoms with Gasteiger partial charge in [0, 0.05) is 24.3 Å². The maximum atomic E-state index is 12.5. The largest absolute Gasteiger partial charge is 0.483 e. The summed E-state index contributed by atoms with van der Waals surface area (Å²) >= 11 is 0. The van der Waals surface area contributed by atoms with Gasteiger partial charge in [0.05, 0.1) is 0 Å². The molecule has 0 saturated carbocycles. The molecule has 150 valence electrons. The van der Waals surface area contributed by atoms with Gasteiger partial charge in [0.2, 0.25) is 0 Å². The van der Waals surface area contributed by atoms with Crippen LogP contribution in [0, 0.1) is 0 Å².